The summed E-state index contributed by atoms with van der Waals surface area (Å²) < 4.78 is 10.5. The topological polar surface area (TPSA) is 60.5 Å². The SMILES string of the molecule is C#Cc1cccc(NC(=O)c2csc(-c3ccc(OC)c(OC)c3)n2)c1. The number of anilines is 1. The van der Waals surface area contributed by atoms with Gasteiger partial charge in [-0.15, -0.1) is 17.8 Å². The molecule has 0 aliphatic heterocycles. The molecule has 26 heavy (non-hydrogen) atoms. The number of benzene rings is 2. The molecule has 6 heteroatoms. The van der Waals surface area contributed by atoms with Crippen molar-refractivity contribution in [2.45, 2.75) is 0 Å². The zero-order valence-electron chi connectivity index (χ0n) is 14.3. The minimum Gasteiger partial charge on any atom is -0.493 e. The summed E-state index contributed by atoms with van der Waals surface area (Å²) in [6, 6.07) is 12.6. The van der Waals surface area contributed by atoms with E-state index in [2.05, 4.69) is 16.2 Å². The average molecular weight is 364 g/mol. The van der Waals surface area contributed by atoms with E-state index >= 15 is 0 Å². The van der Waals surface area contributed by atoms with Crippen molar-refractivity contribution < 1.29 is 14.3 Å². The molecule has 5 nitrogen and oxygen atoms in total. The van der Waals surface area contributed by atoms with E-state index in [9.17, 15) is 4.79 Å². The Labute approximate surface area is 155 Å². The Morgan fingerprint density at radius 2 is 1.96 bits per heavy atom. The van der Waals surface area contributed by atoms with Crippen molar-refractivity contribution in [3.05, 3.63) is 59.1 Å². The van der Waals surface area contributed by atoms with E-state index in [0.29, 0.717) is 33.5 Å². The van der Waals surface area contributed by atoms with Crippen molar-refractivity contribution in [1.82, 2.24) is 4.98 Å². The Balaban J connectivity index is 1.81. The van der Waals surface area contributed by atoms with Crippen LogP contribution in [0.2, 0.25) is 0 Å². The lowest BCUT2D eigenvalue weighted by Crippen LogP contribution is -2.12. The lowest BCUT2D eigenvalue weighted by Gasteiger charge is -2.08. The third kappa shape index (κ3) is 3.68. The Kier molecular flexibility index (Phi) is 5.20. The van der Waals surface area contributed by atoms with E-state index in [1.165, 1.54) is 11.3 Å². The molecular weight excluding hydrogens is 348 g/mol. The number of carbonyl (C=O) groups is 1. The number of aromatic nitrogens is 1. The molecule has 3 aromatic rings. The molecular formula is C20H16N2O3S. The number of carbonyl (C=O) groups excluding carboxylic acids is 1. The highest BCUT2D eigenvalue weighted by atomic mass is 32.1. The maximum atomic E-state index is 12.4. The van der Waals surface area contributed by atoms with Gasteiger partial charge in [-0.1, -0.05) is 12.0 Å². The molecule has 0 spiro atoms. The first-order valence-corrected chi connectivity index (χ1v) is 8.58. The molecule has 1 aromatic heterocycles. The first kappa shape index (κ1) is 17.5. The zero-order valence-corrected chi connectivity index (χ0v) is 15.1. The van der Waals surface area contributed by atoms with Crippen LogP contribution in [-0.2, 0) is 0 Å². The lowest BCUT2D eigenvalue weighted by atomic mass is 10.2. The molecule has 130 valence electrons. The monoisotopic (exact) mass is 364 g/mol. The summed E-state index contributed by atoms with van der Waals surface area (Å²) >= 11 is 1.38. The molecule has 0 atom stereocenters. The standard InChI is InChI=1S/C20H16N2O3S/c1-4-13-6-5-7-15(10-13)21-19(23)16-12-26-20(22-16)14-8-9-17(24-2)18(11-14)25-3/h1,5-12H,2-3H3,(H,21,23). The third-order valence-corrected chi connectivity index (χ3v) is 4.55. The Hall–Kier alpha value is -3.30. The van der Waals surface area contributed by atoms with Crippen molar-refractivity contribution in [2.75, 3.05) is 19.5 Å². The van der Waals surface area contributed by atoms with Gasteiger partial charge in [0, 0.05) is 22.2 Å². The second kappa shape index (κ2) is 7.72. The van der Waals surface area contributed by atoms with Crippen LogP contribution in [0.3, 0.4) is 0 Å². The number of terminal acetylenes is 1. The Bertz CT molecular complexity index is 989. The maximum Gasteiger partial charge on any atom is 0.275 e. The summed E-state index contributed by atoms with van der Waals surface area (Å²) in [6.07, 6.45) is 5.38. The average Bonchev–Trinajstić information content (AvgIpc) is 3.18. The van der Waals surface area contributed by atoms with Crippen molar-refractivity contribution in [2.24, 2.45) is 0 Å². The van der Waals surface area contributed by atoms with Crippen LogP contribution in [0.1, 0.15) is 16.1 Å². The van der Waals surface area contributed by atoms with Crippen LogP contribution in [0.15, 0.2) is 47.8 Å². The summed E-state index contributed by atoms with van der Waals surface area (Å²) in [5.41, 5.74) is 2.52. The Morgan fingerprint density at radius 3 is 2.69 bits per heavy atom. The number of rotatable bonds is 5. The summed E-state index contributed by atoms with van der Waals surface area (Å²) in [4.78, 5) is 16.8. The first-order chi connectivity index (χ1) is 12.6. The predicted molar refractivity (Wildman–Crippen MR) is 103 cm³/mol. The summed E-state index contributed by atoms with van der Waals surface area (Å²) in [6.45, 7) is 0. The maximum absolute atomic E-state index is 12.4. The highest BCUT2D eigenvalue weighted by Gasteiger charge is 2.14. The molecule has 1 heterocycles. The molecule has 3 rings (SSSR count). The van der Waals surface area contributed by atoms with Gasteiger partial charge in [-0.05, 0) is 36.4 Å². The number of hydrogen-bond acceptors (Lipinski definition) is 5. The molecule has 0 saturated carbocycles. The fourth-order valence-electron chi connectivity index (χ4n) is 2.36. The van der Waals surface area contributed by atoms with Gasteiger partial charge in [-0.2, -0.15) is 0 Å². The van der Waals surface area contributed by atoms with Crippen LogP contribution in [0.5, 0.6) is 11.5 Å². The van der Waals surface area contributed by atoms with Crippen LogP contribution in [0, 0.1) is 12.3 Å². The molecule has 0 fully saturated rings. The summed E-state index contributed by atoms with van der Waals surface area (Å²) in [5.74, 6) is 3.50. The summed E-state index contributed by atoms with van der Waals surface area (Å²) in [7, 11) is 3.16. The molecule has 0 aliphatic rings. The molecule has 0 bridgehead atoms. The number of ether oxygens (including phenoxy) is 2. The van der Waals surface area contributed by atoms with Gasteiger partial charge in [0.15, 0.2) is 11.5 Å². The van der Waals surface area contributed by atoms with E-state index in [0.717, 1.165) is 5.56 Å². The van der Waals surface area contributed by atoms with Gasteiger partial charge in [-0.25, -0.2) is 4.98 Å². The normalized spacial score (nSPS) is 10.0. The van der Waals surface area contributed by atoms with Crippen LogP contribution >= 0.6 is 11.3 Å². The molecule has 1 amide bonds. The first-order valence-electron chi connectivity index (χ1n) is 7.70. The smallest absolute Gasteiger partial charge is 0.275 e. The van der Waals surface area contributed by atoms with E-state index < -0.39 is 0 Å². The molecule has 0 saturated heterocycles. The number of nitrogens with zero attached hydrogens (tertiary/aromatic N) is 1. The minimum absolute atomic E-state index is 0.290. The lowest BCUT2D eigenvalue weighted by molar-refractivity contribution is 0.102. The quantitative estimate of drug-likeness (QED) is 0.694. The number of amides is 1. The van der Waals surface area contributed by atoms with E-state index in [4.69, 9.17) is 15.9 Å². The molecule has 0 aliphatic carbocycles. The number of hydrogen-bond donors (Lipinski definition) is 1. The van der Waals surface area contributed by atoms with E-state index in [1.54, 1.807) is 49.9 Å². The predicted octanol–water partition coefficient (Wildman–Crippen LogP) is 4.06. The fourth-order valence-corrected chi connectivity index (χ4v) is 3.16. The molecule has 2 aromatic carbocycles. The summed E-state index contributed by atoms with van der Waals surface area (Å²) in [5, 5.41) is 5.23. The largest absolute Gasteiger partial charge is 0.493 e. The van der Waals surface area contributed by atoms with Crippen LogP contribution in [0.4, 0.5) is 5.69 Å². The molecule has 0 unspecified atom stereocenters. The van der Waals surface area contributed by atoms with Gasteiger partial charge in [0.1, 0.15) is 10.7 Å². The van der Waals surface area contributed by atoms with Crippen LogP contribution in [-0.4, -0.2) is 25.1 Å². The third-order valence-electron chi connectivity index (χ3n) is 3.65. The van der Waals surface area contributed by atoms with Crippen LogP contribution < -0.4 is 14.8 Å². The van der Waals surface area contributed by atoms with Gasteiger partial charge in [-0.3, -0.25) is 4.79 Å². The van der Waals surface area contributed by atoms with Crippen molar-refractivity contribution >= 4 is 22.9 Å². The van der Waals surface area contributed by atoms with Crippen molar-refractivity contribution in [3.63, 3.8) is 0 Å². The highest BCUT2D eigenvalue weighted by molar-refractivity contribution is 7.13. The van der Waals surface area contributed by atoms with E-state index in [-0.39, 0.29) is 5.91 Å². The highest BCUT2D eigenvalue weighted by Crippen LogP contribution is 2.33. The Morgan fingerprint density at radius 1 is 1.15 bits per heavy atom. The number of thiazole rings is 1. The second-order valence-electron chi connectivity index (χ2n) is 5.29. The minimum atomic E-state index is -0.290. The number of methoxy groups -OCH3 is 2. The van der Waals surface area contributed by atoms with Crippen molar-refractivity contribution in [3.8, 4) is 34.4 Å². The van der Waals surface area contributed by atoms with Gasteiger partial charge >= 0.3 is 0 Å². The second-order valence-corrected chi connectivity index (χ2v) is 6.15. The number of nitrogens with one attached hydrogen (secondary N) is 1. The molecule has 0 radical (unpaired) electrons. The fraction of sp³-hybridized carbons (Fsp3) is 0.100. The van der Waals surface area contributed by atoms with Crippen molar-refractivity contribution in [1.29, 1.82) is 0 Å². The van der Waals surface area contributed by atoms with E-state index in [1.807, 2.05) is 12.1 Å². The van der Waals surface area contributed by atoms with Gasteiger partial charge in [0.2, 0.25) is 0 Å². The zero-order chi connectivity index (χ0) is 18.5. The van der Waals surface area contributed by atoms with Crippen LogP contribution in [0.25, 0.3) is 10.6 Å². The van der Waals surface area contributed by atoms with Gasteiger partial charge in [0.05, 0.1) is 14.2 Å². The van der Waals surface area contributed by atoms with Gasteiger partial charge < -0.3 is 14.8 Å². The van der Waals surface area contributed by atoms with Gasteiger partial charge in [0.25, 0.3) is 5.91 Å². The molecule has 1 N–H and O–H groups in total.